The number of hydrogen-bond donors (Lipinski definition) is 0. The van der Waals surface area contributed by atoms with Gasteiger partial charge in [-0.1, -0.05) is 60.7 Å². The minimum atomic E-state index is 0. The summed E-state index contributed by atoms with van der Waals surface area (Å²) in [6.45, 7) is 0. The van der Waals surface area contributed by atoms with Crippen molar-refractivity contribution in [3.8, 4) is 0 Å². The van der Waals surface area contributed by atoms with Gasteiger partial charge in [0.2, 0.25) is 0 Å². The molecule has 0 bridgehead atoms. The van der Waals surface area contributed by atoms with E-state index >= 15 is 0 Å². The molecule has 17 heavy (non-hydrogen) atoms. The SMILES string of the molecule is [H-].[H-].[Na+].[Na+].c1ccc(CSCc2ccccc2)cc1. The number of rotatable bonds is 4. The molecular weight excluding hydrogens is 246 g/mol. The molecule has 0 aromatic heterocycles. The Bertz CT molecular complexity index is 359. The summed E-state index contributed by atoms with van der Waals surface area (Å²) < 4.78 is 0. The molecular formula is C14H16Na2S. The summed E-state index contributed by atoms with van der Waals surface area (Å²) in [6, 6.07) is 21.2. The summed E-state index contributed by atoms with van der Waals surface area (Å²) in [5.74, 6) is 2.19. The molecule has 2 aromatic rings. The molecule has 2 rings (SSSR count). The van der Waals surface area contributed by atoms with Gasteiger partial charge in [0.15, 0.2) is 0 Å². The van der Waals surface area contributed by atoms with Crippen LogP contribution in [0.3, 0.4) is 0 Å². The molecule has 0 N–H and O–H groups in total. The monoisotopic (exact) mass is 262 g/mol. The van der Waals surface area contributed by atoms with Gasteiger partial charge >= 0.3 is 59.1 Å². The van der Waals surface area contributed by atoms with E-state index in [2.05, 4.69) is 60.7 Å². The molecule has 0 saturated heterocycles. The van der Waals surface area contributed by atoms with Crippen molar-refractivity contribution < 1.29 is 62.0 Å². The summed E-state index contributed by atoms with van der Waals surface area (Å²) in [5.41, 5.74) is 2.80. The fourth-order valence-corrected chi connectivity index (χ4v) is 2.39. The summed E-state index contributed by atoms with van der Waals surface area (Å²) in [6.07, 6.45) is 0. The van der Waals surface area contributed by atoms with Gasteiger partial charge in [-0.3, -0.25) is 0 Å². The van der Waals surface area contributed by atoms with Crippen molar-refractivity contribution in [2.45, 2.75) is 11.5 Å². The molecule has 0 radical (unpaired) electrons. The zero-order valence-electron chi connectivity index (χ0n) is 12.6. The second kappa shape index (κ2) is 10.7. The zero-order valence-corrected chi connectivity index (χ0v) is 15.4. The van der Waals surface area contributed by atoms with Crippen LogP contribution in [-0.2, 0) is 11.5 Å². The number of hydrogen-bond acceptors (Lipinski definition) is 1. The summed E-state index contributed by atoms with van der Waals surface area (Å²) in [7, 11) is 0. The fraction of sp³-hybridized carbons (Fsp3) is 0.143. The Morgan fingerprint density at radius 3 is 1.35 bits per heavy atom. The van der Waals surface area contributed by atoms with Crippen molar-refractivity contribution >= 4 is 11.8 Å². The fourth-order valence-electron chi connectivity index (χ4n) is 1.44. The molecule has 0 fully saturated rings. The van der Waals surface area contributed by atoms with Crippen LogP contribution < -0.4 is 59.1 Å². The first-order valence-electron chi connectivity index (χ1n) is 5.11. The third-order valence-corrected chi connectivity index (χ3v) is 3.30. The van der Waals surface area contributed by atoms with Gasteiger partial charge in [-0.05, 0) is 11.1 Å². The molecule has 80 valence electrons. The summed E-state index contributed by atoms with van der Waals surface area (Å²) in [5, 5.41) is 0. The van der Waals surface area contributed by atoms with Gasteiger partial charge in [0.05, 0.1) is 0 Å². The average molecular weight is 262 g/mol. The Labute approximate surface area is 155 Å². The average Bonchev–Trinajstić information content (AvgIpc) is 2.32. The quantitative estimate of drug-likeness (QED) is 0.595. The first-order chi connectivity index (χ1) is 7.45. The Morgan fingerprint density at radius 1 is 0.647 bits per heavy atom. The molecule has 0 unspecified atom stereocenters. The second-order valence-electron chi connectivity index (χ2n) is 3.46. The molecule has 0 atom stereocenters. The van der Waals surface area contributed by atoms with Crippen molar-refractivity contribution in [1.29, 1.82) is 0 Å². The standard InChI is InChI=1S/C14H14S.2Na.2H/c1-3-7-13(8-4-1)11-15-12-14-9-5-2-6-10-14;;;;/h1-10H,11-12H2;;;;/q;2*+1;2*-1. The van der Waals surface area contributed by atoms with Crippen LogP contribution >= 0.6 is 11.8 Å². The topological polar surface area (TPSA) is 0 Å². The summed E-state index contributed by atoms with van der Waals surface area (Å²) in [4.78, 5) is 0. The third-order valence-electron chi connectivity index (χ3n) is 2.22. The van der Waals surface area contributed by atoms with Crippen LogP contribution in [0.15, 0.2) is 60.7 Å². The van der Waals surface area contributed by atoms with Gasteiger partial charge in [0.25, 0.3) is 0 Å². The van der Waals surface area contributed by atoms with Crippen molar-refractivity contribution in [2.24, 2.45) is 0 Å². The van der Waals surface area contributed by atoms with E-state index in [-0.39, 0.29) is 62.0 Å². The maximum absolute atomic E-state index is 2.18. The van der Waals surface area contributed by atoms with Gasteiger partial charge < -0.3 is 2.85 Å². The number of benzene rings is 2. The molecule has 0 aliphatic heterocycles. The van der Waals surface area contributed by atoms with Crippen LogP contribution in [0.25, 0.3) is 0 Å². The van der Waals surface area contributed by atoms with Crippen LogP contribution in [0.5, 0.6) is 0 Å². The molecule has 0 aliphatic carbocycles. The maximum Gasteiger partial charge on any atom is 1.00 e. The molecule has 3 heteroatoms. The molecule has 0 amide bonds. The van der Waals surface area contributed by atoms with Crippen molar-refractivity contribution in [2.75, 3.05) is 0 Å². The molecule has 0 spiro atoms. The first-order valence-corrected chi connectivity index (χ1v) is 6.26. The Balaban J connectivity index is -0.000000640. The van der Waals surface area contributed by atoms with Gasteiger partial charge in [-0.25, -0.2) is 0 Å². The Kier molecular flexibility index (Phi) is 11.2. The van der Waals surface area contributed by atoms with Crippen LogP contribution in [0.4, 0.5) is 0 Å². The van der Waals surface area contributed by atoms with E-state index in [1.54, 1.807) is 0 Å². The Morgan fingerprint density at radius 2 is 1.00 bits per heavy atom. The van der Waals surface area contributed by atoms with Gasteiger partial charge in [0, 0.05) is 11.5 Å². The van der Waals surface area contributed by atoms with E-state index < -0.39 is 0 Å². The van der Waals surface area contributed by atoms with Crippen LogP contribution in [-0.4, -0.2) is 0 Å². The smallest absolute Gasteiger partial charge is 1.00 e. The van der Waals surface area contributed by atoms with Gasteiger partial charge in [0.1, 0.15) is 0 Å². The molecule has 0 nitrogen and oxygen atoms in total. The minimum Gasteiger partial charge on any atom is -1.00 e. The summed E-state index contributed by atoms with van der Waals surface area (Å²) >= 11 is 1.96. The normalized spacial score (nSPS) is 8.94. The van der Waals surface area contributed by atoms with Gasteiger partial charge in [-0.15, -0.1) is 0 Å². The van der Waals surface area contributed by atoms with E-state index in [4.69, 9.17) is 0 Å². The molecule has 0 aliphatic rings. The van der Waals surface area contributed by atoms with E-state index in [0.717, 1.165) is 11.5 Å². The van der Waals surface area contributed by atoms with Crippen LogP contribution in [0.1, 0.15) is 14.0 Å². The van der Waals surface area contributed by atoms with Crippen LogP contribution in [0, 0.1) is 0 Å². The van der Waals surface area contributed by atoms with E-state index in [0.29, 0.717) is 0 Å². The van der Waals surface area contributed by atoms with Crippen LogP contribution in [0.2, 0.25) is 0 Å². The van der Waals surface area contributed by atoms with E-state index in [1.807, 2.05) is 11.8 Å². The molecule has 0 saturated carbocycles. The zero-order chi connectivity index (χ0) is 10.3. The maximum atomic E-state index is 2.18. The Hall–Kier alpha value is 0.790. The van der Waals surface area contributed by atoms with E-state index in [1.165, 1.54) is 11.1 Å². The van der Waals surface area contributed by atoms with Gasteiger partial charge in [-0.2, -0.15) is 11.8 Å². The number of thioether (sulfide) groups is 1. The second-order valence-corrected chi connectivity index (χ2v) is 4.45. The molecule has 2 aromatic carbocycles. The predicted octanol–water partition coefficient (Wildman–Crippen LogP) is -1.65. The molecule has 0 heterocycles. The predicted molar refractivity (Wildman–Crippen MR) is 70.1 cm³/mol. The van der Waals surface area contributed by atoms with E-state index in [9.17, 15) is 0 Å². The minimum absolute atomic E-state index is 0. The first kappa shape index (κ1) is 17.8. The van der Waals surface area contributed by atoms with Crippen molar-refractivity contribution in [1.82, 2.24) is 0 Å². The van der Waals surface area contributed by atoms with Crippen molar-refractivity contribution in [3.63, 3.8) is 0 Å². The largest absolute Gasteiger partial charge is 1.00 e. The van der Waals surface area contributed by atoms with Crippen molar-refractivity contribution in [3.05, 3.63) is 71.8 Å². The third kappa shape index (κ3) is 7.07.